The Morgan fingerprint density at radius 1 is 1.28 bits per heavy atom. The van der Waals surface area contributed by atoms with Gasteiger partial charge in [0.1, 0.15) is 0 Å². The van der Waals surface area contributed by atoms with E-state index < -0.39 is 10.0 Å². The predicted molar refractivity (Wildman–Crippen MR) is 76.8 cm³/mol. The Labute approximate surface area is 121 Å². The van der Waals surface area contributed by atoms with E-state index in [2.05, 4.69) is 15.9 Å². The summed E-state index contributed by atoms with van der Waals surface area (Å²) in [5, 5.41) is 1.23. The van der Waals surface area contributed by atoms with E-state index in [1.807, 2.05) is 0 Å². The number of piperidine rings is 1. The van der Waals surface area contributed by atoms with Gasteiger partial charge in [0.05, 0.1) is 4.90 Å². The summed E-state index contributed by atoms with van der Waals surface area (Å²) >= 11 is 9.19. The highest BCUT2D eigenvalue weighted by Gasteiger charge is 2.32. The molecule has 0 saturated carbocycles. The fourth-order valence-electron chi connectivity index (χ4n) is 2.19. The highest BCUT2D eigenvalue weighted by Crippen LogP contribution is 2.26. The molecule has 1 aromatic rings. The van der Waals surface area contributed by atoms with Crippen LogP contribution < -0.4 is 0 Å². The minimum atomic E-state index is -3.40. The Morgan fingerprint density at radius 2 is 1.94 bits per heavy atom. The number of hydrogen-bond acceptors (Lipinski definition) is 2. The van der Waals surface area contributed by atoms with Gasteiger partial charge < -0.3 is 0 Å². The third kappa shape index (κ3) is 2.90. The minimum absolute atomic E-state index is 0.0550. The molecule has 6 heteroatoms. The van der Waals surface area contributed by atoms with Crippen LogP contribution in [0, 0.1) is 0 Å². The van der Waals surface area contributed by atoms with Gasteiger partial charge in [-0.15, -0.1) is 0 Å². The summed E-state index contributed by atoms with van der Waals surface area (Å²) in [5.74, 6) is 0. The molecule has 0 aromatic heterocycles. The number of sulfonamides is 1. The molecule has 0 radical (unpaired) electrons. The average Bonchev–Trinajstić information content (AvgIpc) is 2.39. The van der Waals surface area contributed by atoms with Gasteiger partial charge in [-0.05, 0) is 37.1 Å². The standard InChI is InChI=1S/C12H15BrClNO2S/c13-9-11-3-1-2-8-15(11)18(16,17)12-6-4-10(14)5-7-12/h4-7,11H,1-3,8-9H2. The van der Waals surface area contributed by atoms with Gasteiger partial charge in [0.2, 0.25) is 10.0 Å². The SMILES string of the molecule is O=S(=O)(c1ccc(Cl)cc1)N1CCCCC1CBr. The molecule has 3 nitrogen and oxygen atoms in total. The number of nitrogens with zero attached hydrogens (tertiary/aromatic N) is 1. The molecule has 18 heavy (non-hydrogen) atoms. The summed E-state index contributed by atoms with van der Waals surface area (Å²) in [4.78, 5) is 0.319. The molecule has 0 bridgehead atoms. The van der Waals surface area contributed by atoms with Gasteiger partial charge in [0, 0.05) is 22.9 Å². The van der Waals surface area contributed by atoms with Crippen LogP contribution in [0.4, 0.5) is 0 Å². The molecule has 1 aromatic carbocycles. The molecular formula is C12H15BrClNO2S. The summed E-state index contributed by atoms with van der Waals surface area (Å²) in [6, 6.07) is 6.41. The van der Waals surface area contributed by atoms with Crippen molar-refractivity contribution in [2.75, 3.05) is 11.9 Å². The van der Waals surface area contributed by atoms with E-state index in [0.717, 1.165) is 19.3 Å². The Hall–Kier alpha value is -0.100. The first-order chi connectivity index (χ1) is 8.55. The van der Waals surface area contributed by atoms with E-state index in [4.69, 9.17) is 11.6 Å². The summed E-state index contributed by atoms with van der Waals surface area (Å²) in [6.07, 6.45) is 2.93. The van der Waals surface area contributed by atoms with Crippen molar-refractivity contribution in [1.29, 1.82) is 0 Å². The molecule has 0 aliphatic carbocycles. The zero-order chi connectivity index (χ0) is 13.2. The van der Waals surface area contributed by atoms with Crippen LogP contribution in [0.25, 0.3) is 0 Å². The van der Waals surface area contributed by atoms with Gasteiger partial charge in [-0.25, -0.2) is 8.42 Å². The fraction of sp³-hybridized carbons (Fsp3) is 0.500. The van der Waals surface area contributed by atoms with Crippen molar-refractivity contribution >= 4 is 37.6 Å². The topological polar surface area (TPSA) is 37.4 Å². The highest BCUT2D eigenvalue weighted by atomic mass is 79.9. The molecule has 0 spiro atoms. The van der Waals surface area contributed by atoms with Crippen molar-refractivity contribution < 1.29 is 8.42 Å². The van der Waals surface area contributed by atoms with Crippen LogP contribution in [-0.2, 0) is 10.0 Å². The molecule has 100 valence electrons. The second-order valence-corrected chi connectivity index (χ2v) is 7.35. The maximum atomic E-state index is 12.5. The van der Waals surface area contributed by atoms with Crippen LogP contribution in [0.5, 0.6) is 0 Å². The van der Waals surface area contributed by atoms with Crippen LogP contribution >= 0.6 is 27.5 Å². The third-order valence-corrected chi connectivity index (χ3v) is 6.14. The summed E-state index contributed by atoms with van der Waals surface area (Å²) in [6.45, 7) is 0.598. The third-order valence-electron chi connectivity index (χ3n) is 3.17. The van der Waals surface area contributed by atoms with E-state index >= 15 is 0 Å². The van der Waals surface area contributed by atoms with Crippen LogP contribution in [0.1, 0.15) is 19.3 Å². The van der Waals surface area contributed by atoms with Gasteiger partial charge in [-0.3, -0.25) is 0 Å². The number of halogens is 2. The first-order valence-electron chi connectivity index (χ1n) is 5.89. The highest BCUT2D eigenvalue weighted by molar-refractivity contribution is 9.09. The Balaban J connectivity index is 2.32. The van der Waals surface area contributed by atoms with E-state index in [1.165, 1.54) is 0 Å². The van der Waals surface area contributed by atoms with E-state index in [0.29, 0.717) is 21.8 Å². The molecule has 1 atom stereocenters. The first kappa shape index (κ1) is 14.3. The molecule has 1 aliphatic heterocycles. The molecule has 2 rings (SSSR count). The minimum Gasteiger partial charge on any atom is -0.207 e. The molecule has 1 fully saturated rings. The Morgan fingerprint density at radius 3 is 2.56 bits per heavy atom. The number of rotatable bonds is 3. The predicted octanol–water partition coefficient (Wildman–Crippen LogP) is 3.28. The number of benzene rings is 1. The molecular weight excluding hydrogens is 338 g/mol. The maximum absolute atomic E-state index is 12.5. The monoisotopic (exact) mass is 351 g/mol. The van der Waals surface area contributed by atoms with E-state index in [9.17, 15) is 8.42 Å². The lowest BCUT2D eigenvalue weighted by atomic mass is 10.1. The fourth-order valence-corrected chi connectivity index (χ4v) is 4.87. The summed E-state index contributed by atoms with van der Waals surface area (Å²) in [7, 11) is -3.40. The van der Waals surface area contributed by atoms with Crippen LogP contribution in [-0.4, -0.2) is 30.6 Å². The summed E-state index contributed by atoms with van der Waals surface area (Å²) in [5.41, 5.74) is 0. The second kappa shape index (κ2) is 5.90. The smallest absolute Gasteiger partial charge is 0.207 e. The van der Waals surface area contributed by atoms with Crippen LogP contribution in [0.2, 0.25) is 5.02 Å². The van der Waals surface area contributed by atoms with Crippen molar-refractivity contribution in [3.8, 4) is 0 Å². The van der Waals surface area contributed by atoms with Gasteiger partial charge in [0.15, 0.2) is 0 Å². The zero-order valence-corrected chi connectivity index (χ0v) is 13.0. The molecule has 0 N–H and O–H groups in total. The zero-order valence-electron chi connectivity index (χ0n) is 9.85. The summed E-state index contributed by atoms with van der Waals surface area (Å²) < 4.78 is 26.7. The molecule has 1 heterocycles. The molecule has 1 saturated heterocycles. The van der Waals surface area contributed by atoms with E-state index in [1.54, 1.807) is 28.6 Å². The van der Waals surface area contributed by atoms with Crippen molar-refractivity contribution in [2.24, 2.45) is 0 Å². The molecule has 1 aliphatic rings. The van der Waals surface area contributed by atoms with Gasteiger partial charge in [-0.2, -0.15) is 4.31 Å². The van der Waals surface area contributed by atoms with Crippen LogP contribution in [0.15, 0.2) is 29.2 Å². The van der Waals surface area contributed by atoms with E-state index in [-0.39, 0.29) is 6.04 Å². The van der Waals surface area contributed by atoms with Crippen molar-refractivity contribution in [1.82, 2.24) is 4.31 Å². The molecule has 0 amide bonds. The average molecular weight is 353 g/mol. The maximum Gasteiger partial charge on any atom is 0.243 e. The first-order valence-corrected chi connectivity index (χ1v) is 8.83. The largest absolute Gasteiger partial charge is 0.243 e. The van der Waals surface area contributed by atoms with Crippen molar-refractivity contribution in [3.05, 3.63) is 29.3 Å². The lowest BCUT2D eigenvalue weighted by Gasteiger charge is -2.33. The lowest BCUT2D eigenvalue weighted by Crippen LogP contribution is -2.44. The quantitative estimate of drug-likeness (QED) is 0.783. The Kier molecular flexibility index (Phi) is 4.69. The normalized spacial score (nSPS) is 22.0. The van der Waals surface area contributed by atoms with Crippen LogP contribution in [0.3, 0.4) is 0 Å². The van der Waals surface area contributed by atoms with Gasteiger partial charge in [0.25, 0.3) is 0 Å². The number of alkyl halides is 1. The lowest BCUT2D eigenvalue weighted by molar-refractivity contribution is 0.273. The van der Waals surface area contributed by atoms with Crippen molar-refractivity contribution in [3.63, 3.8) is 0 Å². The molecule has 1 unspecified atom stereocenters. The van der Waals surface area contributed by atoms with Crippen molar-refractivity contribution in [2.45, 2.75) is 30.2 Å². The second-order valence-electron chi connectivity index (χ2n) is 4.37. The Bertz CT molecular complexity index is 503. The van der Waals surface area contributed by atoms with Gasteiger partial charge >= 0.3 is 0 Å². The number of hydrogen-bond donors (Lipinski definition) is 0. The van der Waals surface area contributed by atoms with Gasteiger partial charge in [-0.1, -0.05) is 34.0 Å².